The normalized spacial score (nSPS) is 21.8. The van der Waals surface area contributed by atoms with Crippen molar-refractivity contribution in [3.8, 4) is 0 Å². The van der Waals surface area contributed by atoms with Crippen molar-refractivity contribution in [1.29, 1.82) is 0 Å². The average Bonchev–Trinajstić information content (AvgIpc) is 2.90. The van der Waals surface area contributed by atoms with Crippen molar-refractivity contribution in [2.45, 2.75) is 37.2 Å². The zero-order valence-corrected chi connectivity index (χ0v) is 16.3. The van der Waals surface area contributed by atoms with E-state index in [1.807, 2.05) is 0 Å². The predicted molar refractivity (Wildman–Crippen MR) is 90.5 cm³/mol. The molecule has 0 aromatic carbocycles. The smallest absolute Gasteiger partial charge is 0.348 e. The number of carbonyl (C=O) groups is 2. The van der Waals surface area contributed by atoms with Crippen LogP contribution in [0.1, 0.15) is 39.4 Å². The van der Waals surface area contributed by atoms with Crippen molar-refractivity contribution in [3.63, 3.8) is 0 Å². The van der Waals surface area contributed by atoms with E-state index in [0.717, 1.165) is 18.4 Å². The average molecular weight is 391 g/mol. The molecule has 0 spiro atoms. The third-order valence-corrected chi connectivity index (χ3v) is 7.43. The van der Waals surface area contributed by atoms with Crippen molar-refractivity contribution in [2.75, 3.05) is 27.3 Å². The highest BCUT2D eigenvalue weighted by Gasteiger charge is 2.38. The lowest BCUT2D eigenvalue weighted by Gasteiger charge is -2.34. The monoisotopic (exact) mass is 391 g/mol. The number of thiophene rings is 1. The number of hydrogen-bond acceptors (Lipinski definition) is 8. The van der Waals surface area contributed by atoms with Crippen molar-refractivity contribution in [1.82, 2.24) is 4.31 Å². The van der Waals surface area contributed by atoms with Gasteiger partial charge in [-0.25, -0.2) is 18.0 Å². The van der Waals surface area contributed by atoms with E-state index in [4.69, 9.17) is 9.47 Å². The van der Waals surface area contributed by atoms with E-state index in [2.05, 4.69) is 4.74 Å². The first-order valence-electron chi connectivity index (χ1n) is 7.59. The van der Waals surface area contributed by atoms with E-state index in [9.17, 15) is 18.0 Å². The largest absolute Gasteiger partial charge is 0.465 e. The van der Waals surface area contributed by atoms with Crippen LogP contribution >= 0.6 is 11.3 Å². The molecule has 2 atom stereocenters. The first-order valence-corrected chi connectivity index (χ1v) is 9.84. The topological polar surface area (TPSA) is 99.2 Å². The molecule has 1 aliphatic heterocycles. The van der Waals surface area contributed by atoms with E-state index in [0.29, 0.717) is 0 Å². The maximum absolute atomic E-state index is 13.1. The van der Waals surface area contributed by atoms with Gasteiger partial charge in [0.2, 0.25) is 0 Å². The van der Waals surface area contributed by atoms with Gasteiger partial charge in [-0.2, -0.15) is 4.31 Å². The Hall–Kier alpha value is -1.49. The summed E-state index contributed by atoms with van der Waals surface area (Å²) in [6.45, 7) is 5.38. The summed E-state index contributed by atoms with van der Waals surface area (Å²) in [6.07, 6.45) is -0.553. The molecule has 0 N–H and O–H groups in total. The molecule has 25 heavy (non-hydrogen) atoms. The number of sulfonamides is 1. The molecule has 1 saturated heterocycles. The zero-order chi connectivity index (χ0) is 18.9. The molecule has 0 saturated carbocycles. The number of methoxy groups -OCH3 is 2. The third kappa shape index (κ3) is 3.71. The molecule has 0 amide bonds. The van der Waals surface area contributed by atoms with E-state index in [1.54, 1.807) is 13.8 Å². The summed E-state index contributed by atoms with van der Waals surface area (Å²) < 4.78 is 42.3. The SMILES string of the molecule is COC(=O)c1sc(S(=O)(=O)N2C[C@H](C)O[C@@H](C)C2)c(C(=O)OC)c1C. The quantitative estimate of drug-likeness (QED) is 0.716. The van der Waals surface area contributed by atoms with Crippen molar-refractivity contribution in [3.05, 3.63) is 16.0 Å². The lowest BCUT2D eigenvalue weighted by molar-refractivity contribution is -0.0440. The maximum atomic E-state index is 13.1. The minimum absolute atomic E-state index is 0.0656. The highest BCUT2D eigenvalue weighted by atomic mass is 32.2. The molecule has 1 aromatic rings. The Kier molecular flexibility index (Phi) is 5.87. The second-order valence-corrected chi connectivity index (χ2v) is 8.93. The van der Waals surface area contributed by atoms with Gasteiger partial charge in [-0.05, 0) is 26.3 Å². The van der Waals surface area contributed by atoms with Crippen LogP contribution in [0.25, 0.3) is 0 Å². The summed E-state index contributed by atoms with van der Waals surface area (Å²) in [7, 11) is -1.64. The standard InChI is InChI=1S/C15H21NO7S2/c1-8-6-16(7-9(2)23-8)25(19,20)15-11(13(17)21-4)10(3)12(24-15)14(18)22-5/h8-9H,6-7H2,1-5H3/t8-,9-/m0/s1. The first kappa shape index (κ1) is 19.8. The summed E-state index contributed by atoms with van der Waals surface area (Å²) in [4.78, 5) is 24.2. The number of rotatable bonds is 4. The Labute approximate surface area is 150 Å². The second kappa shape index (κ2) is 7.40. The van der Waals surface area contributed by atoms with E-state index in [1.165, 1.54) is 18.3 Å². The van der Waals surface area contributed by atoms with Crippen molar-refractivity contribution >= 4 is 33.3 Å². The maximum Gasteiger partial charge on any atom is 0.348 e. The van der Waals surface area contributed by atoms with Crippen LogP contribution in [0.5, 0.6) is 0 Å². The minimum atomic E-state index is -3.99. The van der Waals surface area contributed by atoms with Gasteiger partial charge in [0.15, 0.2) is 4.21 Å². The molecule has 1 aromatic heterocycles. The molecule has 1 fully saturated rings. The summed E-state index contributed by atoms with van der Waals surface area (Å²) in [5, 5.41) is 0. The molecule has 2 heterocycles. The molecule has 0 aliphatic carbocycles. The minimum Gasteiger partial charge on any atom is -0.465 e. The Bertz CT molecular complexity index is 774. The summed E-state index contributed by atoms with van der Waals surface area (Å²) in [5.41, 5.74) is 0.108. The molecule has 8 nitrogen and oxygen atoms in total. The van der Waals surface area contributed by atoms with Crippen LogP contribution in [0.15, 0.2) is 4.21 Å². The van der Waals surface area contributed by atoms with Crippen molar-refractivity contribution in [2.24, 2.45) is 0 Å². The number of carbonyl (C=O) groups excluding carboxylic acids is 2. The van der Waals surface area contributed by atoms with Crippen LogP contribution in [0.4, 0.5) is 0 Å². The molecule has 0 radical (unpaired) electrons. The second-order valence-electron chi connectivity index (χ2n) is 5.78. The summed E-state index contributed by atoms with van der Waals surface area (Å²) >= 11 is 0.720. The Balaban J connectivity index is 2.59. The van der Waals surface area contributed by atoms with Crippen LogP contribution < -0.4 is 0 Å². The molecule has 0 unspecified atom stereocenters. The Morgan fingerprint density at radius 2 is 1.64 bits per heavy atom. The van der Waals surface area contributed by atoms with Crippen LogP contribution in [-0.4, -0.2) is 64.2 Å². The molecule has 1 aliphatic rings. The molecule has 0 bridgehead atoms. The highest BCUT2D eigenvalue weighted by Crippen LogP contribution is 2.35. The van der Waals surface area contributed by atoms with Gasteiger partial charge in [-0.1, -0.05) is 0 Å². The molecule has 10 heteroatoms. The molecule has 140 valence electrons. The molecule has 2 rings (SSSR count). The Morgan fingerprint density at radius 1 is 1.12 bits per heavy atom. The lowest BCUT2D eigenvalue weighted by atomic mass is 10.2. The molecular weight excluding hydrogens is 370 g/mol. The van der Waals surface area contributed by atoms with E-state index in [-0.39, 0.29) is 45.5 Å². The fourth-order valence-electron chi connectivity index (χ4n) is 2.74. The van der Waals surface area contributed by atoms with Crippen molar-refractivity contribution < 1.29 is 32.2 Å². The fraction of sp³-hybridized carbons (Fsp3) is 0.600. The number of ether oxygens (including phenoxy) is 3. The van der Waals surface area contributed by atoms with E-state index >= 15 is 0 Å². The van der Waals surface area contributed by atoms with Gasteiger partial charge in [0.1, 0.15) is 4.88 Å². The van der Waals surface area contributed by atoms with Crippen LogP contribution in [0, 0.1) is 6.92 Å². The van der Waals surface area contributed by atoms with Gasteiger partial charge < -0.3 is 14.2 Å². The Morgan fingerprint density at radius 3 is 2.12 bits per heavy atom. The fourth-order valence-corrected chi connectivity index (χ4v) is 6.21. The lowest BCUT2D eigenvalue weighted by Crippen LogP contribution is -2.48. The number of hydrogen-bond donors (Lipinski definition) is 0. The number of nitrogens with zero attached hydrogens (tertiary/aromatic N) is 1. The highest BCUT2D eigenvalue weighted by molar-refractivity contribution is 7.91. The predicted octanol–water partition coefficient (Wildman–Crippen LogP) is 1.43. The van der Waals surface area contributed by atoms with Gasteiger partial charge in [0.05, 0.1) is 32.0 Å². The number of morpholine rings is 1. The number of esters is 2. The zero-order valence-electron chi connectivity index (χ0n) is 14.7. The van der Waals surface area contributed by atoms with Gasteiger partial charge in [0.25, 0.3) is 10.0 Å². The van der Waals surface area contributed by atoms with Crippen LogP contribution in [-0.2, 0) is 24.2 Å². The van der Waals surface area contributed by atoms with Crippen LogP contribution in [0.2, 0.25) is 0 Å². The first-order chi connectivity index (χ1) is 11.6. The molecular formula is C15H21NO7S2. The summed E-state index contributed by atoms with van der Waals surface area (Å²) in [6, 6.07) is 0. The van der Waals surface area contributed by atoms with Gasteiger partial charge in [-0.15, -0.1) is 11.3 Å². The summed E-state index contributed by atoms with van der Waals surface area (Å²) in [5.74, 6) is -1.50. The van der Waals surface area contributed by atoms with Crippen LogP contribution in [0.3, 0.4) is 0 Å². The van der Waals surface area contributed by atoms with Gasteiger partial charge in [-0.3, -0.25) is 0 Å². The van der Waals surface area contributed by atoms with E-state index < -0.39 is 22.0 Å². The third-order valence-electron chi connectivity index (χ3n) is 3.84. The van der Waals surface area contributed by atoms with Gasteiger partial charge >= 0.3 is 11.9 Å². The van der Waals surface area contributed by atoms with Gasteiger partial charge in [0, 0.05) is 13.1 Å².